The van der Waals surface area contributed by atoms with Gasteiger partial charge in [0.15, 0.2) is 11.1 Å². The highest BCUT2D eigenvalue weighted by Gasteiger charge is 2.35. The number of hydrogen-bond donors (Lipinski definition) is 3. The lowest BCUT2D eigenvalue weighted by Crippen LogP contribution is -2.42. The van der Waals surface area contributed by atoms with Crippen LogP contribution in [0.25, 0.3) is 0 Å². The summed E-state index contributed by atoms with van der Waals surface area (Å²) in [6.07, 6.45) is 7.50. The molecule has 2 aliphatic rings. The van der Waals surface area contributed by atoms with E-state index < -0.39 is 0 Å². The van der Waals surface area contributed by atoms with Gasteiger partial charge in [-0.3, -0.25) is 4.99 Å². The van der Waals surface area contributed by atoms with Gasteiger partial charge in [0.25, 0.3) is 0 Å². The van der Waals surface area contributed by atoms with Gasteiger partial charge in [0, 0.05) is 43.4 Å². The van der Waals surface area contributed by atoms with Crippen LogP contribution < -0.4 is 15.5 Å². The predicted octanol–water partition coefficient (Wildman–Crippen LogP) is 2.78. The number of nitrogens with zero attached hydrogens (tertiary/aromatic N) is 3. The number of thiazole rings is 1. The van der Waals surface area contributed by atoms with Crippen molar-refractivity contribution in [3.05, 3.63) is 11.1 Å². The summed E-state index contributed by atoms with van der Waals surface area (Å²) in [5.74, 6) is 0.839. The lowest BCUT2D eigenvalue weighted by Gasteiger charge is -2.37. The standard InChI is InChI=1S/C20H35N5OS/c1-3-21-18(23-15-20(2)10-5-4-8-17(20)26)22-11-9-16-14-27-19(24-16)25-12-6-7-13-25/h14,17,26H,3-13,15H2,1-2H3,(H2,21,22,23). The van der Waals surface area contributed by atoms with Crippen molar-refractivity contribution < 1.29 is 5.11 Å². The minimum absolute atomic E-state index is 0.0971. The van der Waals surface area contributed by atoms with Crippen molar-refractivity contribution in [1.82, 2.24) is 15.6 Å². The molecule has 27 heavy (non-hydrogen) atoms. The fourth-order valence-electron chi connectivity index (χ4n) is 3.94. The minimum Gasteiger partial charge on any atom is -0.392 e. The molecule has 0 spiro atoms. The first kappa shape index (κ1) is 20.4. The average molecular weight is 394 g/mol. The van der Waals surface area contributed by atoms with Gasteiger partial charge < -0.3 is 20.6 Å². The quantitative estimate of drug-likeness (QED) is 0.491. The maximum absolute atomic E-state index is 10.4. The predicted molar refractivity (Wildman–Crippen MR) is 114 cm³/mol. The van der Waals surface area contributed by atoms with E-state index in [1.807, 2.05) is 0 Å². The van der Waals surface area contributed by atoms with Gasteiger partial charge in [0.2, 0.25) is 0 Å². The number of aliphatic hydroxyl groups excluding tert-OH is 1. The molecule has 2 unspecified atom stereocenters. The number of nitrogens with one attached hydrogen (secondary N) is 2. The Hall–Kier alpha value is -1.34. The number of rotatable bonds is 7. The van der Waals surface area contributed by atoms with Crippen molar-refractivity contribution >= 4 is 22.4 Å². The molecule has 2 fully saturated rings. The van der Waals surface area contributed by atoms with Crippen LogP contribution in [0.1, 0.15) is 58.1 Å². The van der Waals surface area contributed by atoms with E-state index in [1.54, 1.807) is 11.3 Å². The molecule has 1 aliphatic carbocycles. The molecule has 0 bridgehead atoms. The van der Waals surface area contributed by atoms with Gasteiger partial charge in [-0.25, -0.2) is 4.98 Å². The fourth-order valence-corrected chi connectivity index (χ4v) is 4.85. The molecular formula is C20H35N5OS. The van der Waals surface area contributed by atoms with Crippen LogP contribution in [-0.4, -0.2) is 54.9 Å². The Morgan fingerprint density at radius 1 is 1.33 bits per heavy atom. The van der Waals surface area contributed by atoms with Gasteiger partial charge in [-0.15, -0.1) is 11.3 Å². The maximum Gasteiger partial charge on any atom is 0.191 e. The molecule has 7 heteroatoms. The molecule has 3 N–H and O–H groups in total. The number of anilines is 1. The number of aliphatic hydroxyl groups is 1. The lowest BCUT2D eigenvalue weighted by molar-refractivity contribution is 0.00716. The highest BCUT2D eigenvalue weighted by atomic mass is 32.1. The zero-order chi connectivity index (χ0) is 19.1. The van der Waals surface area contributed by atoms with Gasteiger partial charge in [-0.05, 0) is 32.6 Å². The van der Waals surface area contributed by atoms with Crippen LogP contribution in [0.4, 0.5) is 5.13 Å². The molecule has 1 saturated heterocycles. The Bertz CT molecular complexity index is 613. The fraction of sp³-hybridized carbons (Fsp3) is 0.800. The van der Waals surface area contributed by atoms with E-state index in [4.69, 9.17) is 9.98 Å². The van der Waals surface area contributed by atoms with E-state index in [-0.39, 0.29) is 11.5 Å². The van der Waals surface area contributed by atoms with Crippen LogP contribution in [0.15, 0.2) is 10.4 Å². The number of hydrogen-bond acceptors (Lipinski definition) is 5. The van der Waals surface area contributed by atoms with Gasteiger partial charge in [0.05, 0.1) is 18.3 Å². The third-order valence-electron chi connectivity index (χ3n) is 5.81. The van der Waals surface area contributed by atoms with E-state index in [1.165, 1.54) is 24.4 Å². The third-order valence-corrected chi connectivity index (χ3v) is 6.76. The van der Waals surface area contributed by atoms with Gasteiger partial charge >= 0.3 is 0 Å². The molecule has 152 valence electrons. The molecule has 0 amide bonds. The molecule has 0 radical (unpaired) electrons. The average Bonchev–Trinajstić information content (AvgIpc) is 3.34. The van der Waals surface area contributed by atoms with Gasteiger partial charge in [-0.2, -0.15) is 0 Å². The van der Waals surface area contributed by atoms with Crippen molar-refractivity contribution in [2.45, 2.75) is 64.9 Å². The third kappa shape index (κ3) is 5.57. The van der Waals surface area contributed by atoms with Crippen molar-refractivity contribution in [3.63, 3.8) is 0 Å². The topological polar surface area (TPSA) is 72.8 Å². The Labute approximate surface area is 167 Å². The Morgan fingerprint density at radius 3 is 2.89 bits per heavy atom. The second-order valence-electron chi connectivity index (χ2n) is 8.10. The summed E-state index contributed by atoms with van der Waals surface area (Å²) in [5.41, 5.74) is 1.06. The van der Waals surface area contributed by atoms with Crippen LogP contribution in [0.5, 0.6) is 0 Å². The summed E-state index contributed by atoms with van der Waals surface area (Å²) in [6, 6.07) is 0. The Kier molecular flexibility index (Phi) is 7.35. The van der Waals surface area contributed by atoms with Gasteiger partial charge in [-0.1, -0.05) is 19.8 Å². The van der Waals surface area contributed by atoms with Crippen molar-refractivity contribution in [3.8, 4) is 0 Å². The zero-order valence-electron chi connectivity index (χ0n) is 16.8. The van der Waals surface area contributed by atoms with Gasteiger partial charge in [0.1, 0.15) is 0 Å². The summed E-state index contributed by atoms with van der Waals surface area (Å²) in [4.78, 5) is 11.9. The van der Waals surface area contributed by atoms with Crippen molar-refractivity contribution in [1.29, 1.82) is 0 Å². The number of aliphatic imine (C=N–C) groups is 1. The normalized spacial score (nSPS) is 26.4. The van der Waals surface area contributed by atoms with E-state index in [9.17, 15) is 5.11 Å². The Balaban J connectivity index is 1.49. The zero-order valence-corrected chi connectivity index (χ0v) is 17.7. The summed E-state index contributed by atoms with van der Waals surface area (Å²) < 4.78 is 0. The molecule has 1 saturated carbocycles. The van der Waals surface area contributed by atoms with E-state index in [0.717, 1.165) is 63.5 Å². The summed E-state index contributed by atoms with van der Waals surface area (Å²) in [7, 11) is 0. The first-order chi connectivity index (χ1) is 13.1. The molecule has 3 rings (SSSR count). The molecule has 1 aromatic rings. The highest BCUT2D eigenvalue weighted by molar-refractivity contribution is 7.13. The minimum atomic E-state index is -0.239. The maximum atomic E-state index is 10.4. The highest BCUT2D eigenvalue weighted by Crippen LogP contribution is 2.36. The van der Waals surface area contributed by atoms with Crippen LogP contribution in [-0.2, 0) is 6.42 Å². The molecule has 2 atom stereocenters. The van der Waals surface area contributed by atoms with E-state index >= 15 is 0 Å². The molecule has 1 aromatic heterocycles. The molecular weight excluding hydrogens is 358 g/mol. The number of guanidine groups is 1. The van der Waals surface area contributed by atoms with Crippen LogP contribution in [0.2, 0.25) is 0 Å². The van der Waals surface area contributed by atoms with Crippen molar-refractivity contribution in [2.75, 3.05) is 37.6 Å². The summed E-state index contributed by atoms with van der Waals surface area (Å²) in [5, 5.41) is 20.5. The van der Waals surface area contributed by atoms with Crippen LogP contribution in [0.3, 0.4) is 0 Å². The number of aromatic nitrogens is 1. The Morgan fingerprint density at radius 2 is 2.15 bits per heavy atom. The molecule has 1 aliphatic heterocycles. The first-order valence-electron chi connectivity index (χ1n) is 10.5. The van der Waals surface area contributed by atoms with Crippen LogP contribution in [0, 0.1) is 5.41 Å². The second kappa shape index (κ2) is 9.73. The van der Waals surface area contributed by atoms with E-state index in [0.29, 0.717) is 6.54 Å². The smallest absolute Gasteiger partial charge is 0.191 e. The molecule has 6 nitrogen and oxygen atoms in total. The van der Waals surface area contributed by atoms with Crippen LogP contribution >= 0.6 is 11.3 Å². The monoisotopic (exact) mass is 393 g/mol. The summed E-state index contributed by atoms with van der Waals surface area (Å²) >= 11 is 1.76. The molecule has 2 heterocycles. The summed E-state index contributed by atoms with van der Waals surface area (Å²) in [6.45, 7) is 8.85. The second-order valence-corrected chi connectivity index (χ2v) is 8.94. The molecule has 0 aromatic carbocycles. The van der Waals surface area contributed by atoms with Crippen molar-refractivity contribution in [2.24, 2.45) is 10.4 Å². The first-order valence-corrected chi connectivity index (χ1v) is 11.4. The van der Waals surface area contributed by atoms with E-state index in [2.05, 4.69) is 34.8 Å². The lowest BCUT2D eigenvalue weighted by atomic mass is 9.73. The largest absolute Gasteiger partial charge is 0.392 e. The SMILES string of the molecule is CCNC(=NCC1(C)CCCCC1O)NCCc1csc(N2CCCC2)n1.